The lowest BCUT2D eigenvalue weighted by Crippen LogP contribution is -2.30. The first-order valence-electron chi connectivity index (χ1n) is 7.32. The van der Waals surface area contributed by atoms with Crippen LogP contribution >= 0.6 is 22.9 Å². The van der Waals surface area contributed by atoms with Crippen molar-refractivity contribution < 1.29 is 14.1 Å². The molecular weight excluding hydrogens is 364 g/mol. The van der Waals surface area contributed by atoms with Crippen LogP contribution in [0.5, 0.6) is 0 Å². The molecule has 8 heteroatoms. The average Bonchev–Trinajstić information content (AvgIpc) is 3.27. The van der Waals surface area contributed by atoms with Gasteiger partial charge in [0, 0.05) is 17.0 Å². The largest absolute Gasteiger partial charge is 0.467 e. The smallest absolute Gasteiger partial charge is 0.270 e. The van der Waals surface area contributed by atoms with Crippen molar-refractivity contribution >= 4 is 34.5 Å². The van der Waals surface area contributed by atoms with Crippen LogP contribution in [0.25, 0.3) is 0 Å². The van der Waals surface area contributed by atoms with Crippen LogP contribution in [0.15, 0.2) is 58.5 Å². The molecule has 0 saturated carbocycles. The first-order chi connectivity index (χ1) is 12.0. The highest BCUT2D eigenvalue weighted by atomic mass is 35.5. The summed E-state index contributed by atoms with van der Waals surface area (Å²) in [7, 11) is 0. The van der Waals surface area contributed by atoms with Crippen LogP contribution in [0.1, 0.15) is 21.0 Å². The maximum Gasteiger partial charge on any atom is 0.270 e. The third-order valence-corrected chi connectivity index (χ3v) is 4.72. The molecule has 0 aliphatic heterocycles. The number of carbonyl (C=O) groups excluding carboxylic acids is 1. The Balaban J connectivity index is 1.93. The molecule has 0 fully saturated rings. The number of carbonyl (C=O) groups is 1. The number of nitrogens with zero attached hydrogens (tertiary/aromatic N) is 2. The van der Waals surface area contributed by atoms with Crippen LogP contribution < -0.4 is 0 Å². The molecule has 3 aromatic rings. The van der Waals surface area contributed by atoms with E-state index in [4.69, 9.17) is 16.0 Å². The lowest BCUT2D eigenvalue weighted by molar-refractivity contribution is -0.384. The summed E-state index contributed by atoms with van der Waals surface area (Å²) in [5, 5.41) is 13.1. The molecule has 1 amide bonds. The maximum atomic E-state index is 13.0. The van der Waals surface area contributed by atoms with E-state index in [2.05, 4.69) is 0 Å². The van der Waals surface area contributed by atoms with Crippen molar-refractivity contribution in [2.75, 3.05) is 0 Å². The number of furan rings is 1. The van der Waals surface area contributed by atoms with Gasteiger partial charge in [-0.05, 0) is 29.6 Å². The van der Waals surface area contributed by atoms with Gasteiger partial charge in [0.1, 0.15) is 5.76 Å². The molecule has 0 aliphatic rings. The number of nitro groups is 1. The number of amides is 1. The zero-order chi connectivity index (χ0) is 17.8. The van der Waals surface area contributed by atoms with Crippen molar-refractivity contribution in [2.45, 2.75) is 13.1 Å². The van der Waals surface area contributed by atoms with Gasteiger partial charge in [0.2, 0.25) is 0 Å². The molecular formula is C17H13ClN2O4S. The highest BCUT2D eigenvalue weighted by Crippen LogP contribution is 2.25. The van der Waals surface area contributed by atoms with Crippen LogP contribution in [0, 0.1) is 10.1 Å². The van der Waals surface area contributed by atoms with Gasteiger partial charge in [-0.2, -0.15) is 0 Å². The molecule has 0 spiro atoms. The predicted molar refractivity (Wildman–Crippen MR) is 94.7 cm³/mol. The number of non-ortho nitro benzene ring substituents is 1. The molecule has 25 heavy (non-hydrogen) atoms. The molecule has 2 heterocycles. The minimum atomic E-state index is -0.552. The van der Waals surface area contributed by atoms with Gasteiger partial charge >= 0.3 is 0 Å². The molecule has 3 rings (SSSR count). The van der Waals surface area contributed by atoms with E-state index < -0.39 is 10.8 Å². The Morgan fingerprint density at radius 2 is 2.08 bits per heavy atom. The molecule has 128 valence electrons. The number of rotatable bonds is 6. The van der Waals surface area contributed by atoms with Crippen molar-refractivity contribution in [3.63, 3.8) is 0 Å². The molecule has 2 aromatic heterocycles. The number of thiophene rings is 1. The van der Waals surface area contributed by atoms with Gasteiger partial charge in [0.25, 0.3) is 11.6 Å². The summed E-state index contributed by atoms with van der Waals surface area (Å²) in [5.41, 5.74) is -0.0826. The Hall–Kier alpha value is -2.64. The van der Waals surface area contributed by atoms with E-state index in [9.17, 15) is 14.9 Å². The molecule has 0 aliphatic carbocycles. The van der Waals surface area contributed by atoms with Gasteiger partial charge in [-0.3, -0.25) is 14.9 Å². The van der Waals surface area contributed by atoms with Crippen molar-refractivity contribution in [3.05, 3.63) is 85.4 Å². The summed E-state index contributed by atoms with van der Waals surface area (Å²) in [6.07, 6.45) is 1.53. The van der Waals surface area contributed by atoms with Crippen molar-refractivity contribution in [1.82, 2.24) is 4.90 Å². The first-order valence-corrected chi connectivity index (χ1v) is 8.58. The summed E-state index contributed by atoms with van der Waals surface area (Å²) >= 11 is 7.64. The molecule has 0 unspecified atom stereocenters. The fourth-order valence-corrected chi connectivity index (χ4v) is 3.26. The van der Waals surface area contributed by atoms with Gasteiger partial charge < -0.3 is 9.32 Å². The van der Waals surface area contributed by atoms with E-state index >= 15 is 0 Å². The van der Waals surface area contributed by atoms with Crippen LogP contribution in [0.3, 0.4) is 0 Å². The molecule has 0 atom stereocenters. The minimum absolute atomic E-state index is 0.0963. The van der Waals surface area contributed by atoms with Crippen LogP contribution in [-0.4, -0.2) is 15.7 Å². The average molecular weight is 377 g/mol. The lowest BCUT2D eigenvalue weighted by Gasteiger charge is -2.21. The summed E-state index contributed by atoms with van der Waals surface area (Å²) in [5.74, 6) is 0.227. The van der Waals surface area contributed by atoms with E-state index in [1.165, 1.54) is 35.8 Å². The van der Waals surface area contributed by atoms with Crippen molar-refractivity contribution in [3.8, 4) is 0 Å². The van der Waals surface area contributed by atoms with Crippen LogP contribution in [-0.2, 0) is 13.1 Å². The highest BCUT2D eigenvalue weighted by Gasteiger charge is 2.23. The Kier molecular flexibility index (Phi) is 5.16. The molecule has 0 bridgehead atoms. The van der Waals surface area contributed by atoms with Crippen LogP contribution in [0.2, 0.25) is 5.02 Å². The zero-order valence-corrected chi connectivity index (χ0v) is 14.5. The fourth-order valence-electron chi connectivity index (χ4n) is 2.34. The fraction of sp³-hybridized carbons (Fsp3) is 0.118. The topological polar surface area (TPSA) is 76.6 Å². The number of benzene rings is 1. The SMILES string of the molecule is O=C(c1cc([N+](=O)[O-])ccc1Cl)N(Cc1ccco1)Cc1cccs1. The van der Waals surface area contributed by atoms with E-state index in [1.54, 1.807) is 17.0 Å². The van der Waals surface area contributed by atoms with E-state index in [0.29, 0.717) is 12.3 Å². The second-order valence-corrected chi connectivity index (χ2v) is 6.68. The lowest BCUT2D eigenvalue weighted by atomic mass is 10.1. The first kappa shape index (κ1) is 17.2. The van der Waals surface area contributed by atoms with E-state index in [-0.39, 0.29) is 22.8 Å². The van der Waals surface area contributed by atoms with Gasteiger partial charge in [0.15, 0.2) is 0 Å². The number of halogens is 1. The Morgan fingerprint density at radius 3 is 2.72 bits per heavy atom. The Bertz CT molecular complexity index is 842. The van der Waals surface area contributed by atoms with Crippen molar-refractivity contribution in [2.24, 2.45) is 0 Å². The van der Waals surface area contributed by atoms with Gasteiger partial charge in [-0.25, -0.2) is 0 Å². The quantitative estimate of drug-likeness (QED) is 0.459. The molecule has 1 aromatic carbocycles. The summed E-state index contributed by atoms with van der Waals surface area (Å²) in [6.45, 7) is 0.596. The summed E-state index contributed by atoms with van der Waals surface area (Å²) in [4.78, 5) is 26.0. The minimum Gasteiger partial charge on any atom is -0.467 e. The van der Waals surface area contributed by atoms with E-state index in [0.717, 1.165) is 4.88 Å². The Morgan fingerprint density at radius 1 is 1.24 bits per heavy atom. The second-order valence-electron chi connectivity index (χ2n) is 5.24. The molecule has 6 nitrogen and oxygen atoms in total. The molecule has 0 radical (unpaired) electrons. The predicted octanol–water partition coefficient (Wildman–Crippen LogP) is 4.75. The maximum absolute atomic E-state index is 13.0. The number of hydrogen-bond donors (Lipinski definition) is 0. The standard InChI is InChI=1S/C17H13ClN2O4S/c18-16-6-5-12(20(22)23)9-15(16)17(21)19(10-13-3-1-7-24-13)11-14-4-2-8-25-14/h1-9H,10-11H2. The van der Waals surface area contributed by atoms with E-state index in [1.807, 2.05) is 17.5 Å². The monoisotopic (exact) mass is 376 g/mol. The zero-order valence-electron chi connectivity index (χ0n) is 12.9. The Labute approximate surface area is 152 Å². The summed E-state index contributed by atoms with van der Waals surface area (Å²) < 4.78 is 5.33. The van der Waals surface area contributed by atoms with Gasteiger partial charge in [0.05, 0.1) is 34.9 Å². The normalized spacial score (nSPS) is 10.6. The molecule has 0 saturated heterocycles. The number of hydrogen-bond acceptors (Lipinski definition) is 5. The van der Waals surface area contributed by atoms with Crippen LogP contribution in [0.4, 0.5) is 5.69 Å². The third-order valence-electron chi connectivity index (χ3n) is 3.53. The van der Waals surface area contributed by atoms with Gasteiger partial charge in [-0.1, -0.05) is 17.7 Å². The second kappa shape index (κ2) is 7.50. The van der Waals surface area contributed by atoms with Crippen molar-refractivity contribution in [1.29, 1.82) is 0 Å². The highest BCUT2D eigenvalue weighted by molar-refractivity contribution is 7.09. The molecule has 0 N–H and O–H groups in total. The summed E-state index contributed by atoms with van der Waals surface area (Å²) in [6, 6.07) is 11.2. The number of nitro benzene ring substituents is 1. The van der Waals surface area contributed by atoms with Gasteiger partial charge in [-0.15, -0.1) is 11.3 Å². The third kappa shape index (κ3) is 4.07.